The fraction of sp³-hybridized carbons (Fsp3) is 0.231. The van der Waals surface area contributed by atoms with Crippen molar-refractivity contribution in [3.8, 4) is 0 Å². The Bertz CT molecular complexity index is 807. The number of rotatable bonds is 5. The molecule has 2 aromatic rings. The number of hydrogen-bond donors (Lipinski definition) is 1. The summed E-state index contributed by atoms with van der Waals surface area (Å²) in [7, 11) is -7.02. The molecule has 5 nitrogen and oxygen atoms in total. The Hall–Kier alpha value is -1.22. The van der Waals surface area contributed by atoms with Crippen LogP contribution in [0.4, 0.5) is 0 Å². The van der Waals surface area contributed by atoms with E-state index in [0.29, 0.717) is 0 Å². The van der Waals surface area contributed by atoms with E-state index in [2.05, 4.69) is 4.72 Å². The summed E-state index contributed by atoms with van der Waals surface area (Å²) in [6.07, 6.45) is 1.08. The maximum atomic E-state index is 12.2. The number of hydrogen-bond acceptors (Lipinski definition) is 5. The van der Waals surface area contributed by atoms with Gasteiger partial charge >= 0.3 is 0 Å². The zero-order valence-electron chi connectivity index (χ0n) is 11.5. The fourth-order valence-electron chi connectivity index (χ4n) is 1.76. The third-order valence-electron chi connectivity index (χ3n) is 2.86. The molecule has 0 saturated carbocycles. The molecule has 1 aromatic carbocycles. The van der Waals surface area contributed by atoms with Crippen LogP contribution in [0.3, 0.4) is 0 Å². The molecule has 0 saturated heterocycles. The van der Waals surface area contributed by atoms with Gasteiger partial charge in [0, 0.05) is 11.1 Å². The van der Waals surface area contributed by atoms with Crippen LogP contribution in [0.5, 0.6) is 0 Å². The molecular formula is C13H15NO4S3. The van der Waals surface area contributed by atoms with Crippen LogP contribution in [0.2, 0.25) is 0 Å². The van der Waals surface area contributed by atoms with Gasteiger partial charge in [-0.1, -0.05) is 6.07 Å². The van der Waals surface area contributed by atoms with E-state index in [0.717, 1.165) is 11.1 Å². The molecule has 0 spiro atoms. The third-order valence-corrected chi connectivity index (χ3v) is 6.60. The van der Waals surface area contributed by atoms with Crippen LogP contribution in [0.25, 0.3) is 0 Å². The number of nitrogens with one attached hydrogen (secondary N) is 1. The second-order valence-electron chi connectivity index (χ2n) is 4.60. The first-order valence-electron chi connectivity index (χ1n) is 6.06. The van der Waals surface area contributed by atoms with Crippen LogP contribution in [-0.4, -0.2) is 23.1 Å². The Balaban J connectivity index is 2.24. The van der Waals surface area contributed by atoms with Crippen molar-refractivity contribution in [1.29, 1.82) is 0 Å². The smallest absolute Gasteiger partial charge is 0.224 e. The Kier molecular flexibility index (Phi) is 4.52. The van der Waals surface area contributed by atoms with Gasteiger partial charge in [0.15, 0.2) is 9.84 Å². The standard InChI is InChI=1S/C13H15NO4S3/c1-10(13-4-3-9-19-13)14-21(17,18)12-7-5-11(6-8-12)20(2,15)16/h3-10,14H,1-2H3. The van der Waals surface area contributed by atoms with E-state index in [4.69, 9.17) is 0 Å². The Morgan fingerprint density at radius 3 is 2.05 bits per heavy atom. The summed E-state index contributed by atoms with van der Waals surface area (Å²) >= 11 is 1.47. The van der Waals surface area contributed by atoms with Crippen molar-refractivity contribution in [3.05, 3.63) is 46.7 Å². The summed E-state index contributed by atoms with van der Waals surface area (Å²) < 4.78 is 49.8. The summed E-state index contributed by atoms with van der Waals surface area (Å²) in [5, 5.41) is 1.88. The van der Waals surface area contributed by atoms with Gasteiger partial charge in [0.05, 0.1) is 15.8 Å². The first-order valence-corrected chi connectivity index (χ1v) is 10.3. The average molecular weight is 345 g/mol. The lowest BCUT2D eigenvalue weighted by Crippen LogP contribution is -2.26. The molecule has 1 N–H and O–H groups in total. The normalized spacial score (nSPS) is 14.0. The van der Waals surface area contributed by atoms with Gasteiger partial charge in [0.1, 0.15) is 0 Å². The highest BCUT2D eigenvalue weighted by atomic mass is 32.2. The minimum absolute atomic E-state index is 0.0401. The third kappa shape index (κ3) is 3.91. The van der Waals surface area contributed by atoms with E-state index in [9.17, 15) is 16.8 Å². The maximum Gasteiger partial charge on any atom is 0.241 e. The average Bonchev–Trinajstić information content (AvgIpc) is 2.91. The highest BCUT2D eigenvalue weighted by molar-refractivity contribution is 7.90. The molecule has 0 amide bonds. The number of sulfone groups is 1. The van der Waals surface area contributed by atoms with E-state index < -0.39 is 19.9 Å². The van der Waals surface area contributed by atoms with E-state index in [1.807, 2.05) is 17.5 Å². The van der Waals surface area contributed by atoms with Gasteiger partial charge in [-0.2, -0.15) is 0 Å². The molecule has 0 aliphatic carbocycles. The largest absolute Gasteiger partial charge is 0.241 e. The molecule has 1 aromatic heterocycles. The lowest BCUT2D eigenvalue weighted by atomic mass is 10.3. The van der Waals surface area contributed by atoms with E-state index in [1.54, 1.807) is 6.92 Å². The molecule has 2 rings (SSSR count). The molecule has 0 bridgehead atoms. The molecule has 21 heavy (non-hydrogen) atoms. The van der Waals surface area contributed by atoms with Gasteiger partial charge in [-0.15, -0.1) is 11.3 Å². The molecule has 1 unspecified atom stereocenters. The lowest BCUT2D eigenvalue weighted by Gasteiger charge is -2.13. The lowest BCUT2D eigenvalue weighted by molar-refractivity contribution is 0.568. The Morgan fingerprint density at radius 2 is 1.57 bits per heavy atom. The molecule has 8 heteroatoms. The van der Waals surface area contributed by atoms with Crippen molar-refractivity contribution < 1.29 is 16.8 Å². The van der Waals surface area contributed by atoms with Crippen molar-refractivity contribution >= 4 is 31.2 Å². The molecule has 0 aliphatic rings. The number of benzene rings is 1. The Morgan fingerprint density at radius 1 is 1.00 bits per heavy atom. The van der Waals surface area contributed by atoms with Crippen LogP contribution >= 0.6 is 11.3 Å². The van der Waals surface area contributed by atoms with E-state index in [1.165, 1.54) is 35.6 Å². The summed E-state index contributed by atoms with van der Waals surface area (Å²) in [6, 6.07) is 8.53. The summed E-state index contributed by atoms with van der Waals surface area (Å²) in [6.45, 7) is 1.76. The molecule has 1 heterocycles. The first kappa shape index (κ1) is 16.2. The van der Waals surface area contributed by atoms with Crippen molar-refractivity contribution in [1.82, 2.24) is 4.72 Å². The van der Waals surface area contributed by atoms with Crippen molar-refractivity contribution in [2.24, 2.45) is 0 Å². The van der Waals surface area contributed by atoms with Crippen molar-refractivity contribution in [3.63, 3.8) is 0 Å². The monoisotopic (exact) mass is 345 g/mol. The first-order chi connectivity index (χ1) is 9.70. The molecule has 1 atom stereocenters. The van der Waals surface area contributed by atoms with Crippen LogP contribution in [0.1, 0.15) is 17.8 Å². The van der Waals surface area contributed by atoms with Crippen LogP contribution in [-0.2, 0) is 19.9 Å². The van der Waals surface area contributed by atoms with Crippen molar-refractivity contribution in [2.75, 3.05) is 6.26 Å². The Labute approximate surface area is 128 Å². The minimum Gasteiger partial charge on any atom is -0.224 e. The van der Waals surface area contributed by atoms with Gasteiger partial charge < -0.3 is 0 Å². The molecule has 0 aliphatic heterocycles. The van der Waals surface area contributed by atoms with E-state index in [-0.39, 0.29) is 15.8 Å². The summed E-state index contributed by atoms with van der Waals surface area (Å²) in [5.74, 6) is 0. The topological polar surface area (TPSA) is 80.3 Å². The zero-order valence-corrected chi connectivity index (χ0v) is 13.9. The van der Waals surface area contributed by atoms with Gasteiger partial charge in [0.2, 0.25) is 10.0 Å². The van der Waals surface area contributed by atoms with Crippen LogP contribution < -0.4 is 4.72 Å². The van der Waals surface area contributed by atoms with Gasteiger partial charge in [-0.25, -0.2) is 21.6 Å². The molecular weight excluding hydrogens is 330 g/mol. The number of thiophene rings is 1. The van der Waals surface area contributed by atoms with Crippen molar-refractivity contribution in [2.45, 2.75) is 22.8 Å². The van der Waals surface area contributed by atoms with Gasteiger partial charge in [-0.05, 0) is 42.6 Å². The molecule has 114 valence electrons. The predicted octanol–water partition coefficient (Wildman–Crippen LogP) is 2.19. The van der Waals surface area contributed by atoms with Gasteiger partial charge in [-0.3, -0.25) is 0 Å². The van der Waals surface area contributed by atoms with E-state index >= 15 is 0 Å². The SMILES string of the molecule is CC(NS(=O)(=O)c1ccc(S(C)(=O)=O)cc1)c1cccs1. The fourth-order valence-corrected chi connectivity index (χ4v) is 4.42. The highest BCUT2D eigenvalue weighted by Crippen LogP contribution is 2.21. The number of sulfonamides is 1. The molecule has 0 fully saturated rings. The predicted molar refractivity (Wildman–Crippen MR) is 82.6 cm³/mol. The second-order valence-corrected chi connectivity index (χ2v) is 9.31. The molecule has 0 radical (unpaired) electrons. The highest BCUT2D eigenvalue weighted by Gasteiger charge is 2.19. The summed E-state index contributed by atoms with van der Waals surface area (Å²) in [4.78, 5) is 1.04. The summed E-state index contributed by atoms with van der Waals surface area (Å²) in [5.41, 5.74) is 0. The second kappa shape index (κ2) is 5.88. The zero-order chi connectivity index (χ0) is 15.7. The van der Waals surface area contributed by atoms with Crippen LogP contribution in [0, 0.1) is 0 Å². The minimum atomic E-state index is -3.69. The quantitative estimate of drug-likeness (QED) is 0.901. The maximum absolute atomic E-state index is 12.2. The van der Waals surface area contributed by atoms with Gasteiger partial charge in [0.25, 0.3) is 0 Å². The van der Waals surface area contributed by atoms with Crippen LogP contribution in [0.15, 0.2) is 51.6 Å².